The summed E-state index contributed by atoms with van der Waals surface area (Å²) >= 11 is 0. The van der Waals surface area contributed by atoms with Gasteiger partial charge in [0.15, 0.2) is 0 Å². The first kappa shape index (κ1) is 15.4. The van der Waals surface area contributed by atoms with Crippen LogP contribution in [0.15, 0.2) is 66.7 Å². The third-order valence-corrected chi connectivity index (χ3v) is 3.45. The Bertz CT molecular complexity index is 909. The molecule has 0 atom stereocenters. The van der Waals surface area contributed by atoms with Crippen LogP contribution in [0.2, 0.25) is 0 Å². The number of carbonyl (C=O) groups excluding carboxylic acids is 2. The highest BCUT2D eigenvalue weighted by atomic mass is 16.3. The molecule has 3 aromatic rings. The van der Waals surface area contributed by atoms with Crippen molar-refractivity contribution in [3.63, 3.8) is 0 Å². The lowest BCUT2D eigenvalue weighted by molar-refractivity contribution is 0.0935. The molecule has 120 valence electrons. The van der Waals surface area contributed by atoms with Crippen LogP contribution >= 0.6 is 0 Å². The number of hydrogen-bond acceptors (Lipinski definition) is 3. The molecule has 0 saturated carbocycles. The van der Waals surface area contributed by atoms with E-state index in [1.165, 1.54) is 12.1 Å². The minimum atomic E-state index is -0.609. The molecule has 3 amide bonds. The third kappa shape index (κ3) is 3.44. The Morgan fingerprint density at radius 2 is 1.50 bits per heavy atom. The molecule has 24 heavy (non-hydrogen) atoms. The zero-order valence-electron chi connectivity index (χ0n) is 12.6. The van der Waals surface area contributed by atoms with Crippen molar-refractivity contribution in [1.82, 2.24) is 10.9 Å². The largest absolute Gasteiger partial charge is 0.507 e. The van der Waals surface area contributed by atoms with Crippen LogP contribution < -0.4 is 16.2 Å². The Kier molecular flexibility index (Phi) is 4.29. The summed E-state index contributed by atoms with van der Waals surface area (Å²) in [6, 6.07) is 18.7. The Morgan fingerprint density at radius 3 is 2.29 bits per heavy atom. The van der Waals surface area contributed by atoms with Gasteiger partial charge in [0.2, 0.25) is 0 Å². The topological polar surface area (TPSA) is 90.5 Å². The van der Waals surface area contributed by atoms with Crippen LogP contribution in [0, 0.1) is 0 Å². The van der Waals surface area contributed by atoms with E-state index < -0.39 is 11.9 Å². The first-order valence-corrected chi connectivity index (χ1v) is 7.27. The molecule has 0 aliphatic heterocycles. The van der Waals surface area contributed by atoms with Gasteiger partial charge in [0.1, 0.15) is 5.75 Å². The molecule has 6 heteroatoms. The van der Waals surface area contributed by atoms with Gasteiger partial charge >= 0.3 is 6.03 Å². The molecule has 6 nitrogen and oxygen atoms in total. The molecule has 3 aromatic carbocycles. The number of anilines is 1. The highest BCUT2D eigenvalue weighted by Gasteiger charge is 2.11. The quantitative estimate of drug-likeness (QED) is 0.547. The van der Waals surface area contributed by atoms with Gasteiger partial charge in [-0.05, 0) is 35.0 Å². The van der Waals surface area contributed by atoms with E-state index in [1.54, 1.807) is 18.2 Å². The van der Waals surface area contributed by atoms with Crippen molar-refractivity contribution in [3.05, 3.63) is 72.3 Å². The Balaban J connectivity index is 1.61. The maximum atomic E-state index is 11.9. The van der Waals surface area contributed by atoms with Crippen molar-refractivity contribution in [2.75, 3.05) is 5.32 Å². The molecule has 0 fully saturated rings. The van der Waals surface area contributed by atoms with Crippen molar-refractivity contribution >= 4 is 28.4 Å². The van der Waals surface area contributed by atoms with E-state index in [2.05, 4.69) is 16.2 Å². The fourth-order valence-electron chi connectivity index (χ4n) is 2.28. The summed E-state index contributed by atoms with van der Waals surface area (Å²) in [5.41, 5.74) is 5.15. The fourth-order valence-corrected chi connectivity index (χ4v) is 2.28. The monoisotopic (exact) mass is 321 g/mol. The Hall–Kier alpha value is -3.54. The van der Waals surface area contributed by atoms with Crippen LogP contribution in [0.1, 0.15) is 10.4 Å². The molecule has 0 heterocycles. The van der Waals surface area contributed by atoms with E-state index in [9.17, 15) is 14.7 Å². The Morgan fingerprint density at radius 1 is 0.792 bits per heavy atom. The zero-order chi connectivity index (χ0) is 16.9. The molecule has 0 spiro atoms. The summed E-state index contributed by atoms with van der Waals surface area (Å²) < 4.78 is 0. The number of benzene rings is 3. The molecule has 0 unspecified atom stereocenters. The number of amides is 3. The maximum Gasteiger partial charge on any atom is 0.337 e. The fraction of sp³-hybridized carbons (Fsp3) is 0. The number of hydrogen-bond donors (Lipinski definition) is 4. The van der Waals surface area contributed by atoms with Gasteiger partial charge in [0.05, 0.1) is 5.56 Å². The second-order valence-corrected chi connectivity index (χ2v) is 5.11. The third-order valence-electron chi connectivity index (χ3n) is 3.45. The van der Waals surface area contributed by atoms with Crippen LogP contribution in [0.3, 0.4) is 0 Å². The van der Waals surface area contributed by atoms with Crippen LogP contribution in [0.4, 0.5) is 10.5 Å². The molecule has 0 aliphatic rings. The van der Waals surface area contributed by atoms with Crippen LogP contribution in [0.25, 0.3) is 10.8 Å². The van der Waals surface area contributed by atoms with Gasteiger partial charge in [-0.2, -0.15) is 0 Å². The van der Waals surface area contributed by atoms with E-state index in [-0.39, 0.29) is 11.3 Å². The summed E-state index contributed by atoms with van der Waals surface area (Å²) in [7, 11) is 0. The van der Waals surface area contributed by atoms with Crippen molar-refractivity contribution in [2.24, 2.45) is 0 Å². The lowest BCUT2D eigenvalue weighted by Crippen LogP contribution is -2.43. The molecular formula is C18H15N3O3. The summed E-state index contributed by atoms with van der Waals surface area (Å²) in [5.74, 6) is -0.770. The van der Waals surface area contributed by atoms with Crippen LogP contribution in [0.5, 0.6) is 5.75 Å². The number of rotatable bonds is 2. The highest BCUT2D eigenvalue weighted by Crippen LogP contribution is 2.18. The van der Waals surface area contributed by atoms with Crippen molar-refractivity contribution in [2.45, 2.75) is 0 Å². The van der Waals surface area contributed by atoms with E-state index in [0.717, 1.165) is 10.8 Å². The second-order valence-electron chi connectivity index (χ2n) is 5.11. The van der Waals surface area contributed by atoms with Crippen molar-refractivity contribution in [1.29, 1.82) is 0 Å². The average molecular weight is 321 g/mol. The number of para-hydroxylation sites is 1. The predicted octanol–water partition coefficient (Wildman–Crippen LogP) is 3.01. The summed E-state index contributed by atoms with van der Waals surface area (Å²) in [5, 5.41) is 14.3. The lowest BCUT2D eigenvalue weighted by atomic mass is 10.1. The molecule has 0 saturated heterocycles. The normalized spacial score (nSPS) is 10.2. The number of phenols is 1. The average Bonchev–Trinajstić information content (AvgIpc) is 2.60. The smallest absolute Gasteiger partial charge is 0.337 e. The number of aromatic hydroxyl groups is 1. The van der Waals surface area contributed by atoms with Crippen LogP contribution in [-0.2, 0) is 0 Å². The molecule has 0 aromatic heterocycles. The second kappa shape index (κ2) is 6.70. The molecular weight excluding hydrogens is 306 g/mol. The van der Waals surface area contributed by atoms with Gasteiger partial charge in [-0.15, -0.1) is 0 Å². The number of hydrazine groups is 1. The number of nitrogens with one attached hydrogen (secondary N) is 3. The number of urea groups is 1. The first-order valence-electron chi connectivity index (χ1n) is 7.27. The minimum Gasteiger partial charge on any atom is -0.507 e. The van der Waals surface area contributed by atoms with Gasteiger partial charge in [0.25, 0.3) is 5.91 Å². The van der Waals surface area contributed by atoms with Gasteiger partial charge < -0.3 is 10.4 Å². The number of fused-ring (bicyclic) bond motifs is 1. The number of carbonyl (C=O) groups is 2. The standard InChI is InChI=1S/C18H15N3O3/c22-16-8-4-3-7-15(16)17(23)20-21-18(24)19-14-10-9-12-5-1-2-6-13(12)11-14/h1-11,22H,(H,20,23)(H2,19,21,24). The molecule has 0 bridgehead atoms. The highest BCUT2D eigenvalue weighted by molar-refractivity contribution is 5.99. The summed E-state index contributed by atoms with van der Waals surface area (Å²) in [6.45, 7) is 0. The summed E-state index contributed by atoms with van der Waals surface area (Å²) in [4.78, 5) is 23.8. The molecule has 4 N–H and O–H groups in total. The number of phenolic OH excluding ortho intramolecular Hbond substituents is 1. The summed E-state index contributed by atoms with van der Waals surface area (Å²) in [6.07, 6.45) is 0. The minimum absolute atomic E-state index is 0.0727. The lowest BCUT2D eigenvalue weighted by Gasteiger charge is -2.10. The maximum absolute atomic E-state index is 11.9. The Labute approximate surface area is 138 Å². The predicted molar refractivity (Wildman–Crippen MR) is 91.7 cm³/mol. The SMILES string of the molecule is O=C(NNC(=O)c1ccccc1O)Nc1ccc2ccccc2c1. The van der Waals surface area contributed by atoms with Crippen LogP contribution in [-0.4, -0.2) is 17.0 Å². The first-order chi connectivity index (χ1) is 11.6. The van der Waals surface area contributed by atoms with E-state index in [4.69, 9.17) is 0 Å². The van der Waals surface area contributed by atoms with Gasteiger partial charge in [0, 0.05) is 5.69 Å². The zero-order valence-corrected chi connectivity index (χ0v) is 12.6. The van der Waals surface area contributed by atoms with E-state index >= 15 is 0 Å². The van der Waals surface area contributed by atoms with E-state index in [1.807, 2.05) is 36.4 Å². The molecule has 3 rings (SSSR count). The van der Waals surface area contributed by atoms with Crippen molar-refractivity contribution in [3.8, 4) is 5.75 Å². The van der Waals surface area contributed by atoms with Gasteiger partial charge in [-0.3, -0.25) is 10.2 Å². The van der Waals surface area contributed by atoms with Gasteiger partial charge in [-0.25, -0.2) is 10.2 Å². The molecule has 0 radical (unpaired) electrons. The molecule has 0 aliphatic carbocycles. The van der Waals surface area contributed by atoms with Crippen molar-refractivity contribution < 1.29 is 14.7 Å². The van der Waals surface area contributed by atoms with E-state index in [0.29, 0.717) is 5.69 Å². The van der Waals surface area contributed by atoms with Gasteiger partial charge in [-0.1, -0.05) is 42.5 Å².